The number of allylic oxidation sites excluding steroid dienone is 3. The normalized spacial score (nSPS) is 14.8. The fourth-order valence-electron chi connectivity index (χ4n) is 2.54. The Morgan fingerprint density at radius 1 is 1.12 bits per heavy atom. The van der Waals surface area contributed by atoms with Gasteiger partial charge in [-0.1, -0.05) is 42.1 Å². The van der Waals surface area contributed by atoms with Crippen molar-refractivity contribution in [3.05, 3.63) is 82.8 Å². The minimum absolute atomic E-state index is 0.130. The fraction of sp³-hybridized carbons (Fsp3) is 0.100. The molecular weight excluding hydrogens is 314 g/mol. The molecule has 0 spiro atoms. The minimum Gasteiger partial charge on any atom is -0.378 e. The molecule has 0 bridgehead atoms. The van der Waals surface area contributed by atoms with Gasteiger partial charge in [0.05, 0.1) is 12.6 Å². The Hall–Kier alpha value is -2.95. The summed E-state index contributed by atoms with van der Waals surface area (Å²) in [7, 11) is 4.02. The quantitative estimate of drug-likeness (QED) is 0.570. The van der Waals surface area contributed by atoms with Gasteiger partial charge in [-0.15, -0.1) is 0 Å². The zero-order valence-electron chi connectivity index (χ0n) is 13.4. The molecule has 1 aliphatic rings. The van der Waals surface area contributed by atoms with E-state index in [0.29, 0.717) is 5.57 Å². The third kappa shape index (κ3) is 2.93. The fourth-order valence-corrected chi connectivity index (χ4v) is 3.64. The highest BCUT2D eigenvalue weighted by Crippen LogP contribution is 2.45. The molecule has 24 heavy (non-hydrogen) atoms. The first-order valence-corrected chi connectivity index (χ1v) is 8.24. The molecular formula is C20H15N3S. The summed E-state index contributed by atoms with van der Waals surface area (Å²) in [5.41, 5.74) is 4.00. The van der Waals surface area contributed by atoms with Crippen molar-refractivity contribution in [2.45, 2.75) is 4.90 Å². The molecule has 0 N–H and O–H groups in total. The average molecular weight is 329 g/mol. The first-order valence-electron chi connectivity index (χ1n) is 7.42. The summed E-state index contributed by atoms with van der Waals surface area (Å²) < 4.78 is 0. The molecule has 1 heterocycles. The molecule has 0 saturated heterocycles. The molecule has 1 aliphatic heterocycles. The van der Waals surface area contributed by atoms with Crippen LogP contribution >= 0.6 is 11.8 Å². The summed E-state index contributed by atoms with van der Waals surface area (Å²) in [6.45, 7) is 7.29. The van der Waals surface area contributed by atoms with Gasteiger partial charge in [0.25, 0.3) is 5.70 Å². The van der Waals surface area contributed by atoms with Gasteiger partial charge in [-0.25, -0.2) is 10.1 Å². The molecule has 116 valence electrons. The van der Waals surface area contributed by atoms with Crippen LogP contribution in [0.4, 0.5) is 5.69 Å². The SMILES string of the molecule is [C-]#[N+]/C(C#N)=C1/C=C(c2ccc(N(C)C)cc2)Sc2ccccc21. The van der Waals surface area contributed by atoms with Crippen LogP contribution in [-0.4, -0.2) is 14.1 Å². The third-order valence-electron chi connectivity index (χ3n) is 3.81. The molecule has 0 amide bonds. The Labute approximate surface area is 146 Å². The Morgan fingerprint density at radius 3 is 2.46 bits per heavy atom. The van der Waals surface area contributed by atoms with Crippen molar-refractivity contribution in [1.82, 2.24) is 0 Å². The van der Waals surface area contributed by atoms with Crippen molar-refractivity contribution < 1.29 is 0 Å². The molecule has 0 saturated carbocycles. The lowest BCUT2D eigenvalue weighted by atomic mass is 10.0. The van der Waals surface area contributed by atoms with E-state index in [1.165, 1.54) is 0 Å². The van der Waals surface area contributed by atoms with Gasteiger partial charge in [0.2, 0.25) is 0 Å². The summed E-state index contributed by atoms with van der Waals surface area (Å²) in [6, 6.07) is 18.2. The minimum atomic E-state index is 0.130. The predicted octanol–water partition coefficient (Wildman–Crippen LogP) is 5.05. The van der Waals surface area contributed by atoms with E-state index in [-0.39, 0.29) is 5.70 Å². The molecule has 0 aliphatic carbocycles. The maximum absolute atomic E-state index is 9.29. The van der Waals surface area contributed by atoms with E-state index < -0.39 is 0 Å². The number of anilines is 1. The van der Waals surface area contributed by atoms with E-state index in [1.54, 1.807) is 11.8 Å². The van der Waals surface area contributed by atoms with Gasteiger partial charge in [-0.3, -0.25) is 0 Å². The van der Waals surface area contributed by atoms with Crippen molar-refractivity contribution in [2.24, 2.45) is 0 Å². The molecule has 2 aromatic rings. The highest BCUT2D eigenvalue weighted by Gasteiger charge is 2.19. The second-order valence-corrected chi connectivity index (χ2v) is 6.62. The van der Waals surface area contributed by atoms with Gasteiger partial charge in [0.15, 0.2) is 0 Å². The Kier molecular flexibility index (Phi) is 4.42. The monoisotopic (exact) mass is 329 g/mol. The maximum Gasteiger partial charge on any atom is 0.269 e. The van der Waals surface area contributed by atoms with Gasteiger partial charge in [-0.2, -0.15) is 0 Å². The predicted molar refractivity (Wildman–Crippen MR) is 100 cm³/mol. The summed E-state index contributed by atoms with van der Waals surface area (Å²) in [5, 5.41) is 9.29. The first kappa shape index (κ1) is 15.9. The lowest BCUT2D eigenvalue weighted by molar-refractivity contribution is 1.13. The number of thioether (sulfide) groups is 1. The maximum atomic E-state index is 9.29. The van der Waals surface area contributed by atoms with Crippen molar-refractivity contribution in [1.29, 1.82) is 5.26 Å². The number of nitriles is 1. The van der Waals surface area contributed by atoms with Gasteiger partial charge in [0.1, 0.15) is 0 Å². The van der Waals surface area contributed by atoms with Crippen LogP contribution < -0.4 is 4.90 Å². The van der Waals surface area contributed by atoms with Crippen LogP contribution in [0.3, 0.4) is 0 Å². The Morgan fingerprint density at radius 2 is 1.83 bits per heavy atom. The zero-order valence-corrected chi connectivity index (χ0v) is 14.3. The largest absolute Gasteiger partial charge is 0.378 e. The molecule has 3 rings (SSSR count). The van der Waals surface area contributed by atoms with E-state index in [4.69, 9.17) is 6.57 Å². The molecule has 2 aromatic carbocycles. The highest BCUT2D eigenvalue weighted by atomic mass is 32.2. The van der Waals surface area contributed by atoms with Crippen LogP contribution in [0, 0.1) is 17.9 Å². The van der Waals surface area contributed by atoms with Crippen LogP contribution in [0.1, 0.15) is 11.1 Å². The van der Waals surface area contributed by atoms with E-state index in [9.17, 15) is 5.26 Å². The molecule has 4 heteroatoms. The Bertz CT molecular complexity index is 907. The first-order chi connectivity index (χ1) is 11.6. The lowest BCUT2D eigenvalue weighted by Gasteiger charge is -2.20. The smallest absolute Gasteiger partial charge is 0.269 e. The number of nitrogens with zero attached hydrogens (tertiary/aromatic N) is 3. The number of rotatable bonds is 2. The van der Waals surface area contributed by atoms with Crippen LogP contribution in [0.5, 0.6) is 0 Å². The summed E-state index contributed by atoms with van der Waals surface area (Å²) in [5.74, 6) is 0. The van der Waals surface area contributed by atoms with Crippen LogP contribution in [0.15, 0.2) is 65.2 Å². The number of fused-ring (bicyclic) bond motifs is 1. The number of benzene rings is 2. The topological polar surface area (TPSA) is 31.4 Å². The average Bonchev–Trinajstić information content (AvgIpc) is 2.62. The molecule has 0 aromatic heterocycles. The third-order valence-corrected chi connectivity index (χ3v) is 4.96. The molecule has 3 nitrogen and oxygen atoms in total. The second kappa shape index (κ2) is 6.66. The van der Waals surface area contributed by atoms with Crippen molar-refractivity contribution in [3.8, 4) is 6.07 Å². The molecule has 0 atom stereocenters. The summed E-state index contributed by atoms with van der Waals surface area (Å²) in [4.78, 5) is 7.57. The van der Waals surface area contributed by atoms with E-state index in [0.717, 1.165) is 26.6 Å². The van der Waals surface area contributed by atoms with Gasteiger partial charge in [0, 0.05) is 35.2 Å². The van der Waals surface area contributed by atoms with E-state index in [2.05, 4.69) is 34.0 Å². The van der Waals surface area contributed by atoms with Crippen molar-refractivity contribution in [3.63, 3.8) is 0 Å². The summed E-state index contributed by atoms with van der Waals surface area (Å²) >= 11 is 1.67. The standard InChI is InChI=1S/C20H15N3S/c1-22-18(13-21)17-12-20(24-19-7-5-4-6-16(17)19)14-8-10-15(11-9-14)23(2)3/h4-12H,2-3H3/b18-17-. The summed E-state index contributed by atoms with van der Waals surface area (Å²) in [6.07, 6.45) is 1.95. The van der Waals surface area contributed by atoms with Crippen molar-refractivity contribution in [2.75, 3.05) is 19.0 Å². The van der Waals surface area contributed by atoms with Crippen molar-refractivity contribution >= 4 is 27.9 Å². The van der Waals surface area contributed by atoms with E-state index in [1.807, 2.05) is 50.5 Å². The van der Waals surface area contributed by atoms with Gasteiger partial charge in [-0.05, 0) is 35.4 Å². The zero-order chi connectivity index (χ0) is 17.1. The van der Waals surface area contributed by atoms with Crippen LogP contribution in [0.25, 0.3) is 15.3 Å². The molecule has 0 radical (unpaired) electrons. The van der Waals surface area contributed by atoms with Gasteiger partial charge < -0.3 is 4.90 Å². The van der Waals surface area contributed by atoms with Crippen LogP contribution in [0.2, 0.25) is 0 Å². The lowest BCUT2D eigenvalue weighted by Crippen LogP contribution is -2.08. The van der Waals surface area contributed by atoms with E-state index >= 15 is 0 Å². The van der Waals surface area contributed by atoms with Gasteiger partial charge >= 0.3 is 0 Å². The molecule has 0 fully saturated rings. The number of hydrogen-bond acceptors (Lipinski definition) is 3. The second-order valence-electron chi connectivity index (χ2n) is 5.53. The van der Waals surface area contributed by atoms with Crippen LogP contribution in [-0.2, 0) is 0 Å². The number of hydrogen-bond donors (Lipinski definition) is 0. The Balaban J connectivity index is 2.12. The highest BCUT2D eigenvalue weighted by molar-refractivity contribution is 8.08. The molecule has 0 unspecified atom stereocenters.